The summed E-state index contributed by atoms with van der Waals surface area (Å²) in [4.78, 5) is 15.4. The Bertz CT molecular complexity index is 230. The normalized spacial score (nSPS) is 11.2. The van der Waals surface area contributed by atoms with E-state index in [0.29, 0.717) is 0 Å². The SMILES string of the molecule is N.O=P(O)(O)OS(=O)(=O)O.[H-].[K+]. The van der Waals surface area contributed by atoms with Gasteiger partial charge in [-0.3, -0.25) is 4.55 Å². The molecule has 0 heterocycles. The predicted octanol–water partition coefficient (Wildman–Crippen LogP) is -3.82. The molecular weight excluding hydrogens is 228 g/mol. The number of hydrogen-bond acceptors (Lipinski definition) is 5. The van der Waals surface area contributed by atoms with Crippen LogP contribution in [0.15, 0.2) is 0 Å². The molecule has 0 aromatic heterocycles. The molecular formula is H7KNO7PS. The van der Waals surface area contributed by atoms with Gasteiger partial charge in [0.05, 0.1) is 0 Å². The second-order valence-corrected chi connectivity index (χ2v) is 3.43. The summed E-state index contributed by atoms with van der Waals surface area (Å²) >= 11 is 0. The fourth-order valence-electron chi connectivity index (χ4n) is 0.123. The number of phosphoric acid groups is 1. The van der Waals surface area contributed by atoms with E-state index in [1.165, 1.54) is 0 Å². The maximum Gasteiger partial charge on any atom is 1.00 e. The molecule has 6 N–H and O–H groups in total. The first-order chi connectivity index (χ1) is 3.71. The van der Waals surface area contributed by atoms with Gasteiger partial charge in [0.2, 0.25) is 0 Å². The molecule has 0 unspecified atom stereocenters. The van der Waals surface area contributed by atoms with Crippen molar-refractivity contribution in [3.63, 3.8) is 0 Å². The third kappa shape index (κ3) is 18.5. The molecule has 0 saturated carbocycles. The van der Waals surface area contributed by atoms with Crippen LogP contribution in [0.2, 0.25) is 0 Å². The van der Waals surface area contributed by atoms with E-state index in [-0.39, 0.29) is 59.0 Å². The molecule has 0 radical (unpaired) electrons. The molecule has 11 heteroatoms. The van der Waals surface area contributed by atoms with E-state index in [2.05, 4.69) is 3.97 Å². The largest absolute Gasteiger partial charge is 1.00 e. The zero-order valence-corrected chi connectivity index (χ0v) is 10.4. The van der Waals surface area contributed by atoms with Gasteiger partial charge in [0.15, 0.2) is 0 Å². The minimum Gasteiger partial charge on any atom is -1.00 e. The summed E-state index contributed by atoms with van der Waals surface area (Å²) in [5.41, 5.74) is 0. The molecule has 0 aliphatic carbocycles. The Morgan fingerprint density at radius 2 is 1.64 bits per heavy atom. The van der Waals surface area contributed by atoms with Crippen LogP contribution in [0.1, 0.15) is 1.43 Å². The summed E-state index contributed by atoms with van der Waals surface area (Å²) in [6.45, 7) is 0. The Hall–Kier alpha value is 1.62. The van der Waals surface area contributed by atoms with Gasteiger partial charge in [0.1, 0.15) is 0 Å². The standard InChI is InChI=1S/K.H3N.H3O7PS.H/c;;1-8(2,3)7-9(4,5)6;/h;1H3;(H2,1,2,3)(H,4,5,6);/q+1;;;-1. The van der Waals surface area contributed by atoms with Gasteiger partial charge < -0.3 is 17.4 Å². The molecule has 0 aliphatic rings. The Balaban J connectivity index is -0.000000107. The molecule has 0 spiro atoms. The van der Waals surface area contributed by atoms with E-state index in [0.717, 1.165) is 0 Å². The minimum absolute atomic E-state index is 0. The van der Waals surface area contributed by atoms with Gasteiger partial charge in [-0.1, -0.05) is 0 Å². The molecule has 0 rings (SSSR count). The molecule has 8 nitrogen and oxygen atoms in total. The Morgan fingerprint density at radius 1 is 1.36 bits per heavy atom. The van der Waals surface area contributed by atoms with Crippen LogP contribution in [0.25, 0.3) is 0 Å². The van der Waals surface area contributed by atoms with Gasteiger partial charge in [-0.25, -0.2) is 4.57 Å². The van der Waals surface area contributed by atoms with E-state index < -0.39 is 18.2 Å². The van der Waals surface area contributed by atoms with Gasteiger partial charge in [0.25, 0.3) is 0 Å². The zero-order valence-electron chi connectivity index (χ0n) is 6.54. The summed E-state index contributed by atoms with van der Waals surface area (Å²) < 4.78 is 39.0. The average molecular weight is 235 g/mol. The Labute approximate surface area is 107 Å². The number of hydrogen-bond donors (Lipinski definition) is 4. The number of rotatable bonds is 2. The van der Waals surface area contributed by atoms with Crippen molar-refractivity contribution in [3.8, 4) is 0 Å². The van der Waals surface area contributed by atoms with Gasteiger partial charge in [0, 0.05) is 0 Å². The topological polar surface area (TPSA) is 156 Å². The fourth-order valence-corrected chi connectivity index (χ4v) is 1.10. The van der Waals surface area contributed by atoms with E-state index in [1.54, 1.807) is 0 Å². The third-order valence-electron chi connectivity index (χ3n) is 0.191. The maximum atomic E-state index is 9.58. The second kappa shape index (κ2) is 6.13. The maximum absolute atomic E-state index is 9.58. The van der Waals surface area contributed by atoms with Crippen molar-refractivity contribution in [2.75, 3.05) is 0 Å². The average Bonchev–Trinajstić information content (AvgIpc) is 1.14. The molecule has 0 fully saturated rings. The van der Waals surface area contributed by atoms with Gasteiger partial charge >= 0.3 is 69.6 Å². The van der Waals surface area contributed by atoms with Crippen LogP contribution in [0, 0.1) is 0 Å². The first-order valence-corrected chi connectivity index (χ1v) is 4.34. The molecule has 0 atom stereocenters. The van der Waals surface area contributed by atoms with Crippen molar-refractivity contribution in [1.29, 1.82) is 0 Å². The van der Waals surface area contributed by atoms with Crippen molar-refractivity contribution in [2.45, 2.75) is 0 Å². The summed E-state index contributed by atoms with van der Waals surface area (Å²) in [5.74, 6) is 0. The van der Waals surface area contributed by atoms with Crippen LogP contribution in [-0.2, 0) is 18.9 Å². The van der Waals surface area contributed by atoms with Gasteiger partial charge in [-0.15, -0.1) is 3.97 Å². The molecule has 0 aromatic carbocycles. The van der Waals surface area contributed by atoms with Crippen molar-refractivity contribution < 1.29 is 84.1 Å². The van der Waals surface area contributed by atoms with E-state index in [9.17, 15) is 13.0 Å². The van der Waals surface area contributed by atoms with Crippen molar-refractivity contribution in [3.05, 3.63) is 0 Å². The quantitative estimate of drug-likeness (QED) is 0.215. The molecule has 0 bridgehead atoms. The monoisotopic (exact) mass is 235 g/mol. The van der Waals surface area contributed by atoms with Crippen molar-refractivity contribution in [2.24, 2.45) is 0 Å². The molecule has 11 heavy (non-hydrogen) atoms. The zero-order chi connectivity index (χ0) is 7.71. The van der Waals surface area contributed by atoms with Crippen LogP contribution in [0.3, 0.4) is 0 Å². The van der Waals surface area contributed by atoms with Crippen LogP contribution in [0.5, 0.6) is 0 Å². The molecule has 0 aliphatic heterocycles. The summed E-state index contributed by atoms with van der Waals surface area (Å²) in [5, 5.41) is 0. The molecule has 0 aromatic rings. The first-order valence-electron chi connectivity index (χ1n) is 1.45. The van der Waals surface area contributed by atoms with E-state index in [4.69, 9.17) is 14.3 Å². The van der Waals surface area contributed by atoms with E-state index >= 15 is 0 Å². The van der Waals surface area contributed by atoms with Crippen LogP contribution < -0.4 is 57.5 Å². The fraction of sp³-hybridized carbons (Fsp3) is 0. The molecule has 66 valence electrons. The summed E-state index contributed by atoms with van der Waals surface area (Å²) in [6, 6.07) is 0. The first kappa shape index (κ1) is 18.4. The smallest absolute Gasteiger partial charge is 1.00 e. The molecule has 0 saturated heterocycles. The Kier molecular flexibility index (Phi) is 10.3. The van der Waals surface area contributed by atoms with Crippen LogP contribution in [-0.4, -0.2) is 22.8 Å². The van der Waals surface area contributed by atoms with Gasteiger partial charge in [-0.2, -0.15) is 8.42 Å². The Morgan fingerprint density at radius 3 is 1.64 bits per heavy atom. The van der Waals surface area contributed by atoms with Crippen molar-refractivity contribution in [1.82, 2.24) is 6.15 Å². The van der Waals surface area contributed by atoms with Crippen LogP contribution >= 0.6 is 7.82 Å². The summed E-state index contributed by atoms with van der Waals surface area (Å²) in [6.07, 6.45) is 0. The second-order valence-electron chi connectivity index (χ2n) is 0.993. The van der Waals surface area contributed by atoms with E-state index in [1.807, 2.05) is 0 Å². The minimum atomic E-state index is -5.13. The van der Waals surface area contributed by atoms with Crippen LogP contribution in [0.4, 0.5) is 0 Å². The molecule has 0 amide bonds. The van der Waals surface area contributed by atoms with Crippen molar-refractivity contribution >= 4 is 18.2 Å². The summed E-state index contributed by atoms with van der Waals surface area (Å²) in [7, 11) is -10.2. The predicted molar refractivity (Wildman–Crippen MR) is 30.8 cm³/mol. The third-order valence-corrected chi connectivity index (χ3v) is 1.72. The van der Waals surface area contributed by atoms with Gasteiger partial charge in [-0.05, 0) is 0 Å².